The van der Waals surface area contributed by atoms with Crippen LogP contribution in [0.2, 0.25) is 0 Å². The largest absolute Gasteiger partial charge is 0.487 e. The Balaban J connectivity index is 0.000000155. The number of rotatable bonds is 13. The number of nitrogens with one attached hydrogen (secondary N) is 6. The van der Waals surface area contributed by atoms with Gasteiger partial charge in [0.15, 0.2) is 44.5 Å². The Kier molecular flexibility index (Phi) is 17.8. The zero-order valence-corrected chi connectivity index (χ0v) is 50.4. The van der Waals surface area contributed by atoms with Gasteiger partial charge in [0.2, 0.25) is 23.2 Å². The van der Waals surface area contributed by atoms with Crippen molar-refractivity contribution in [3.63, 3.8) is 0 Å². The summed E-state index contributed by atoms with van der Waals surface area (Å²) in [5.41, 5.74) is 3.30. The number of nitrogens with zero attached hydrogens (tertiary/aromatic N) is 13. The number of amides is 6. The Hall–Kier alpha value is -11.8. The number of benzene rings is 3. The fourth-order valence-corrected chi connectivity index (χ4v) is 9.98. The van der Waals surface area contributed by atoms with Crippen molar-refractivity contribution in [2.24, 2.45) is 0 Å². The minimum Gasteiger partial charge on any atom is -0.487 e. The van der Waals surface area contributed by atoms with Crippen LogP contribution in [0.25, 0.3) is 4.85 Å². The van der Waals surface area contributed by atoms with Crippen molar-refractivity contribution in [3.05, 3.63) is 197 Å². The number of hydrogen-bond donors (Lipinski definition) is 6. The molecule has 5 atom stereocenters. The molecule has 470 valence electrons. The second kappa shape index (κ2) is 27.7. The first-order valence-corrected chi connectivity index (χ1v) is 30.0. The molecule has 0 unspecified atom stereocenters. The molecule has 0 radical (unpaired) electrons. The molecule has 3 aliphatic heterocycles. The average molecular weight is 1270 g/mol. The van der Waals surface area contributed by atoms with Gasteiger partial charge in [0.1, 0.15) is 54.4 Å². The van der Waals surface area contributed by atoms with Crippen molar-refractivity contribution in [1.82, 2.24) is 76.4 Å². The zero-order valence-electron chi connectivity index (χ0n) is 52.6. The highest BCUT2D eigenvalue weighted by atomic mass is 32.2. The van der Waals surface area contributed by atoms with Crippen molar-refractivity contribution in [2.75, 3.05) is 48.6 Å². The van der Waals surface area contributed by atoms with E-state index in [9.17, 15) is 37.2 Å². The van der Waals surface area contributed by atoms with E-state index < -0.39 is 82.6 Å². The summed E-state index contributed by atoms with van der Waals surface area (Å²) >= 11 is 0. The zero-order chi connectivity index (χ0) is 67.7. The molecule has 0 bridgehead atoms. The molecular formula is C61H59N19O11S. The second-order valence-electron chi connectivity index (χ2n) is 20.9. The molecular weight excluding hydrogens is 1210 g/mol. The van der Waals surface area contributed by atoms with Gasteiger partial charge in [0.25, 0.3) is 35.4 Å². The summed E-state index contributed by atoms with van der Waals surface area (Å²) in [4.78, 5) is 108. The molecule has 12 rings (SSSR count). The first-order valence-electron chi connectivity index (χ1n) is 29.6. The molecule has 6 amide bonds. The van der Waals surface area contributed by atoms with Gasteiger partial charge in [-0.2, -0.15) is 0 Å². The first kappa shape index (κ1) is 59.2. The lowest BCUT2D eigenvalue weighted by molar-refractivity contribution is -0.122. The van der Waals surface area contributed by atoms with Gasteiger partial charge in [-0.15, -0.1) is 15.3 Å². The number of likely N-dealkylation sites (N-methyl/N-ethyl adjacent to an activating group) is 3. The molecule has 9 heterocycles. The smallest absolute Gasteiger partial charge is 0.291 e. The Bertz CT molecular complexity index is 4480. The number of pyridine rings is 3. The minimum absolute atomic E-state index is 0.0385. The average Bonchev–Trinajstić information content (AvgIpc) is 1.77. The summed E-state index contributed by atoms with van der Waals surface area (Å²) in [7, 11) is -0.511. The number of carbonyl (C=O) groups is 6. The Morgan fingerprint density at radius 3 is 1.48 bits per heavy atom. The number of ether oxygens (including phenoxy) is 3. The second-order valence-corrected chi connectivity index (χ2v) is 22.9. The topological polar surface area (TPSA) is 378 Å². The minimum atomic E-state index is -3.52. The third-order valence-corrected chi connectivity index (χ3v) is 15.3. The van der Waals surface area contributed by atoms with Crippen molar-refractivity contribution >= 4 is 68.4 Å². The van der Waals surface area contributed by atoms with Gasteiger partial charge in [-0.05, 0) is 48.7 Å². The first-order chi connectivity index (χ1) is 45.4. The molecule has 0 saturated heterocycles. The number of fused-ring (bicyclic) bond motifs is 3. The van der Waals surface area contributed by atoms with E-state index in [1.165, 1.54) is 54.5 Å². The highest BCUT2D eigenvalue weighted by Crippen LogP contribution is 2.35. The van der Waals surface area contributed by atoms with Crippen LogP contribution in [0, 0.1) is 6.57 Å². The van der Waals surface area contributed by atoms with E-state index in [-0.39, 0.29) is 57.9 Å². The molecule has 9 aromatic rings. The highest BCUT2D eigenvalue weighted by Gasteiger charge is 2.40. The van der Waals surface area contributed by atoms with Crippen LogP contribution in [0.3, 0.4) is 0 Å². The molecule has 0 spiro atoms. The van der Waals surface area contributed by atoms with Gasteiger partial charge in [0.05, 0.1) is 11.5 Å². The van der Waals surface area contributed by atoms with E-state index >= 15 is 0 Å². The van der Waals surface area contributed by atoms with Crippen LogP contribution >= 0.6 is 0 Å². The molecule has 3 aliphatic rings. The molecule has 31 heteroatoms. The lowest BCUT2D eigenvalue weighted by Gasteiger charge is -2.22. The van der Waals surface area contributed by atoms with Gasteiger partial charge in [-0.25, -0.2) is 43.2 Å². The van der Waals surface area contributed by atoms with Crippen LogP contribution in [0.5, 0.6) is 17.2 Å². The Morgan fingerprint density at radius 2 is 1.03 bits per heavy atom. The number of aromatic amines is 3. The van der Waals surface area contributed by atoms with Crippen molar-refractivity contribution in [3.8, 4) is 17.2 Å². The van der Waals surface area contributed by atoms with E-state index in [0.29, 0.717) is 53.1 Å². The summed E-state index contributed by atoms with van der Waals surface area (Å²) in [5, 5.41) is 27.7. The molecule has 0 aliphatic carbocycles. The van der Waals surface area contributed by atoms with Crippen LogP contribution in [0.15, 0.2) is 139 Å². The monoisotopic (exact) mass is 1270 g/mol. The number of hydrogen-bond acceptors (Lipinski definition) is 20. The predicted octanol–water partition coefficient (Wildman–Crippen LogP) is 3.56. The number of aromatic nitrogens is 12. The maximum atomic E-state index is 13.0. The quantitative estimate of drug-likeness (QED) is 0.0899. The van der Waals surface area contributed by atoms with Crippen LogP contribution < -0.4 is 44.9 Å². The number of anilines is 3. The van der Waals surface area contributed by atoms with E-state index in [1.807, 2.05) is 91.0 Å². The summed E-state index contributed by atoms with van der Waals surface area (Å²) in [6.07, 6.45) is 4.82. The van der Waals surface area contributed by atoms with Crippen molar-refractivity contribution in [1.29, 1.82) is 0 Å². The SMILES string of the molecule is C[C@H]1Oc2cc(S(C)(=O)=O)cnc2N(C)C(=O)[C@H]1NC(=O)c1n[nH]c(Cc2ccccc2)n1.[2H]C([2H])([2H])N1C(=O)[C@@H](NC(=O)c2n[nH]c(Cc3ccccc3)n2)COc2cccnc21.[C-]#[N+]c1cnc2c(c1)O[C@H](C)[C@H](NC(=O)c1n[nH]c(Cc3ccccc3)n1)C(=O)N2C. The van der Waals surface area contributed by atoms with Gasteiger partial charge < -0.3 is 30.2 Å². The lowest BCUT2D eigenvalue weighted by atomic mass is 10.1. The Labute approximate surface area is 529 Å². The van der Waals surface area contributed by atoms with Gasteiger partial charge in [-0.3, -0.25) is 58.8 Å². The fourth-order valence-electron chi connectivity index (χ4n) is 9.41. The van der Waals surface area contributed by atoms with Gasteiger partial charge >= 0.3 is 0 Å². The van der Waals surface area contributed by atoms with Gasteiger partial charge in [-0.1, -0.05) is 91.0 Å². The molecule has 30 nitrogen and oxygen atoms in total. The number of sulfone groups is 1. The predicted molar refractivity (Wildman–Crippen MR) is 329 cm³/mol. The summed E-state index contributed by atoms with van der Waals surface area (Å²) in [5.74, 6) is -1.70. The van der Waals surface area contributed by atoms with E-state index in [0.717, 1.165) is 29.1 Å². The molecule has 0 saturated carbocycles. The van der Waals surface area contributed by atoms with Crippen LogP contribution in [-0.4, -0.2) is 169 Å². The maximum Gasteiger partial charge on any atom is 0.291 e. The van der Waals surface area contributed by atoms with Crippen LogP contribution in [-0.2, 0) is 43.5 Å². The fraction of sp³-hybridized carbons (Fsp3) is 0.246. The molecule has 3 aromatic carbocycles. The van der Waals surface area contributed by atoms with E-state index in [1.54, 1.807) is 19.9 Å². The Morgan fingerprint density at radius 1 is 0.598 bits per heavy atom. The molecule has 0 fully saturated rings. The van der Waals surface area contributed by atoms with Crippen LogP contribution in [0.4, 0.5) is 23.1 Å². The lowest BCUT2D eigenvalue weighted by Crippen LogP contribution is -2.53. The number of carbonyl (C=O) groups excluding carboxylic acids is 6. The van der Waals surface area contributed by atoms with Crippen molar-refractivity contribution in [2.45, 2.75) is 68.3 Å². The summed E-state index contributed by atoms with van der Waals surface area (Å²) < 4.78 is 64.1. The molecule has 92 heavy (non-hydrogen) atoms. The van der Waals surface area contributed by atoms with E-state index in [4.69, 9.17) is 24.9 Å². The third-order valence-electron chi connectivity index (χ3n) is 14.2. The highest BCUT2D eigenvalue weighted by molar-refractivity contribution is 7.90. The van der Waals surface area contributed by atoms with Crippen LogP contribution in [0.1, 0.15) is 84.0 Å². The molecule has 6 aromatic heterocycles. The molecule has 6 N–H and O–H groups in total. The normalized spacial score (nSPS) is 18.1. The maximum absolute atomic E-state index is 13.0. The summed E-state index contributed by atoms with van der Waals surface area (Å²) in [6.45, 7) is 7.31. The standard InChI is InChI=1S/C21H19N7O3.C21H22N6O5S.C19H18N6O3/c1-12-17(21(30)28(3)19-15(31-12)10-14(22-2)11-23-19)25-20(29)18-24-16(26-27-18)9-13-7-5-4-6-8-13;1-12-17(21(29)27(2)19-15(32-12)10-14(11-22-19)33(3,30)31)24-20(28)18-23-16(25-26-18)9-13-7-5-4-6-8-13;1-25-17-14(8-5-9-20-17)28-11-13(19(25)27)21-18(26)16-22-15(23-24-16)10-12-6-3-2-4-7-12/h4-8,10-12,17H,9H2,1,3H3,(H,25,29)(H,24,26,27);4-8,10-12,17H,9H2,1-3H3,(H,24,28)(H,23,25,26);2-9,13H,10-11H2,1H3,(H,21,26)(H,22,23,24)/t2*12-,17+;13-/m110/s1/i;;1D3. The third kappa shape index (κ3) is 14.8. The summed E-state index contributed by atoms with van der Waals surface area (Å²) in [6, 6.07) is 31.3. The van der Waals surface area contributed by atoms with Crippen molar-refractivity contribution < 1.29 is 55.5 Å². The number of H-pyrrole nitrogens is 3. The van der Waals surface area contributed by atoms with E-state index in [2.05, 4.69) is 81.3 Å². The van der Waals surface area contributed by atoms with Gasteiger partial charge in [0, 0.05) is 75.4 Å².